The average Bonchev–Trinajstić information content (AvgIpc) is 2.50. The third-order valence-electron chi connectivity index (χ3n) is 2.75. The van der Waals surface area contributed by atoms with Crippen LogP contribution in [-0.2, 0) is 6.54 Å². The molecule has 0 atom stereocenters. The average molecular weight is 281 g/mol. The third-order valence-corrected chi connectivity index (χ3v) is 2.75. The summed E-state index contributed by atoms with van der Waals surface area (Å²) in [5.41, 5.74) is 1.19. The first kappa shape index (κ1) is 16.6. The van der Waals surface area contributed by atoms with Crippen LogP contribution in [0.1, 0.15) is 12.0 Å². The standard InChI is InChI=1S/C12H17FN2.2ClH/c13-12-4-2-11(3-5-12)10-15-8-1-6-14-7-9-15;;/h2-5,14H,1,6-10H2;2*1H. The third kappa shape index (κ3) is 5.68. The maximum absolute atomic E-state index is 12.7. The van der Waals surface area contributed by atoms with Gasteiger partial charge in [-0.1, -0.05) is 12.1 Å². The van der Waals surface area contributed by atoms with Gasteiger partial charge in [0.05, 0.1) is 0 Å². The van der Waals surface area contributed by atoms with Crippen LogP contribution in [0.15, 0.2) is 24.3 Å². The molecule has 1 aromatic carbocycles. The molecular weight excluding hydrogens is 262 g/mol. The molecule has 1 heterocycles. The first-order valence-electron chi connectivity index (χ1n) is 5.52. The first-order valence-corrected chi connectivity index (χ1v) is 5.52. The van der Waals surface area contributed by atoms with E-state index in [2.05, 4.69) is 10.2 Å². The van der Waals surface area contributed by atoms with E-state index in [1.807, 2.05) is 12.1 Å². The molecule has 0 aliphatic carbocycles. The predicted molar refractivity (Wildman–Crippen MR) is 73.7 cm³/mol. The van der Waals surface area contributed by atoms with E-state index in [1.165, 1.54) is 24.1 Å². The van der Waals surface area contributed by atoms with Crippen molar-refractivity contribution in [3.63, 3.8) is 0 Å². The van der Waals surface area contributed by atoms with Crippen LogP contribution in [0.25, 0.3) is 0 Å². The molecule has 0 spiro atoms. The zero-order valence-corrected chi connectivity index (χ0v) is 11.3. The van der Waals surface area contributed by atoms with Crippen molar-refractivity contribution in [1.29, 1.82) is 0 Å². The van der Waals surface area contributed by atoms with Gasteiger partial charge in [-0.3, -0.25) is 4.90 Å². The second-order valence-corrected chi connectivity index (χ2v) is 4.01. The van der Waals surface area contributed by atoms with E-state index in [0.717, 1.165) is 32.7 Å². The number of hydrogen-bond acceptors (Lipinski definition) is 2. The molecule has 0 unspecified atom stereocenters. The van der Waals surface area contributed by atoms with Gasteiger partial charge < -0.3 is 5.32 Å². The van der Waals surface area contributed by atoms with E-state index in [1.54, 1.807) is 0 Å². The number of halogens is 3. The Morgan fingerprint density at radius 1 is 1.06 bits per heavy atom. The minimum Gasteiger partial charge on any atom is -0.315 e. The summed E-state index contributed by atoms with van der Waals surface area (Å²) in [4.78, 5) is 2.41. The zero-order chi connectivity index (χ0) is 10.5. The highest BCUT2D eigenvalue weighted by Crippen LogP contribution is 2.07. The Balaban J connectivity index is 0.00000128. The number of benzene rings is 1. The monoisotopic (exact) mass is 280 g/mol. The molecule has 5 heteroatoms. The molecular formula is C12H19Cl2FN2. The molecule has 2 rings (SSSR count). The molecule has 98 valence electrons. The summed E-state index contributed by atoms with van der Waals surface area (Å²) in [5.74, 6) is -0.156. The molecule has 0 aromatic heterocycles. The Morgan fingerprint density at radius 2 is 1.76 bits per heavy atom. The maximum Gasteiger partial charge on any atom is 0.123 e. The van der Waals surface area contributed by atoms with Gasteiger partial charge in [0, 0.05) is 19.6 Å². The molecule has 1 aliphatic heterocycles. The summed E-state index contributed by atoms with van der Waals surface area (Å²) in [7, 11) is 0. The number of hydrogen-bond donors (Lipinski definition) is 1. The van der Waals surface area contributed by atoms with Crippen molar-refractivity contribution in [2.45, 2.75) is 13.0 Å². The van der Waals surface area contributed by atoms with Gasteiger partial charge >= 0.3 is 0 Å². The smallest absolute Gasteiger partial charge is 0.123 e. The highest BCUT2D eigenvalue weighted by atomic mass is 35.5. The van der Waals surface area contributed by atoms with Crippen molar-refractivity contribution in [3.8, 4) is 0 Å². The fourth-order valence-electron chi connectivity index (χ4n) is 1.91. The molecule has 1 saturated heterocycles. The fraction of sp³-hybridized carbons (Fsp3) is 0.500. The molecule has 2 nitrogen and oxygen atoms in total. The van der Waals surface area contributed by atoms with E-state index >= 15 is 0 Å². The number of nitrogens with zero attached hydrogens (tertiary/aromatic N) is 1. The Morgan fingerprint density at radius 3 is 2.47 bits per heavy atom. The Kier molecular flexibility index (Phi) is 8.52. The summed E-state index contributed by atoms with van der Waals surface area (Å²) in [6, 6.07) is 6.80. The maximum atomic E-state index is 12.7. The number of rotatable bonds is 2. The van der Waals surface area contributed by atoms with Gasteiger partial charge in [0.1, 0.15) is 5.82 Å². The summed E-state index contributed by atoms with van der Waals surface area (Å²) in [5, 5.41) is 3.37. The lowest BCUT2D eigenvalue weighted by Gasteiger charge is -2.19. The van der Waals surface area contributed by atoms with Gasteiger partial charge in [-0.05, 0) is 37.2 Å². The van der Waals surface area contributed by atoms with Gasteiger partial charge in [0.2, 0.25) is 0 Å². The normalized spacial score (nSPS) is 16.5. The quantitative estimate of drug-likeness (QED) is 0.896. The Hall–Kier alpha value is -0.350. The van der Waals surface area contributed by atoms with E-state index < -0.39 is 0 Å². The van der Waals surface area contributed by atoms with Gasteiger partial charge in [-0.2, -0.15) is 0 Å². The second-order valence-electron chi connectivity index (χ2n) is 4.01. The van der Waals surface area contributed by atoms with Crippen LogP contribution in [0, 0.1) is 5.82 Å². The molecule has 1 N–H and O–H groups in total. The predicted octanol–water partition coefficient (Wildman–Crippen LogP) is 2.46. The van der Waals surface area contributed by atoms with E-state index in [-0.39, 0.29) is 30.6 Å². The summed E-state index contributed by atoms with van der Waals surface area (Å²) < 4.78 is 12.7. The van der Waals surface area contributed by atoms with Crippen LogP contribution in [0.4, 0.5) is 4.39 Å². The van der Waals surface area contributed by atoms with Crippen molar-refractivity contribution < 1.29 is 4.39 Å². The van der Waals surface area contributed by atoms with Gasteiger partial charge in [0.25, 0.3) is 0 Å². The van der Waals surface area contributed by atoms with Crippen molar-refractivity contribution in [1.82, 2.24) is 10.2 Å². The Bertz CT molecular complexity index is 298. The molecule has 0 radical (unpaired) electrons. The molecule has 1 aliphatic rings. The van der Waals surface area contributed by atoms with Crippen LogP contribution in [-0.4, -0.2) is 31.1 Å². The topological polar surface area (TPSA) is 15.3 Å². The van der Waals surface area contributed by atoms with E-state index in [9.17, 15) is 4.39 Å². The lowest BCUT2D eigenvalue weighted by atomic mass is 10.2. The van der Waals surface area contributed by atoms with E-state index in [4.69, 9.17) is 0 Å². The number of nitrogens with one attached hydrogen (secondary N) is 1. The van der Waals surface area contributed by atoms with Crippen molar-refractivity contribution in [2.75, 3.05) is 26.2 Å². The Labute approximate surface area is 114 Å². The lowest BCUT2D eigenvalue weighted by molar-refractivity contribution is 0.284. The van der Waals surface area contributed by atoms with Crippen LogP contribution in [0.5, 0.6) is 0 Å². The molecule has 0 bridgehead atoms. The van der Waals surface area contributed by atoms with Crippen molar-refractivity contribution in [2.24, 2.45) is 0 Å². The minimum atomic E-state index is -0.156. The van der Waals surface area contributed by atoms with Crippen LogP contribution >= 0.6 is 24.8 Å². The second kappa shape index (κ2) is 8.70. The lowest BCUT2D eigenvalue weighted by Crippen LogP contribution is -2.27. The largest absolute Gasteiger partial charge is 0.315 e. The highest BCUT2D eigenvalue weighted by Gasteiger charge is 2.08. The zero-order valence-electron chi connectivity index (χ0n) is 9.69. The summed E-state index contributed by atoms with van der Waals surface area (Å²) in [6.07, 6.45) is 1.20. The van der Waals surface area contributed by atoms with Crippen LogP contribution in [0.2, 0.25) is 0 Å². The molecule has 1 aromatic rings. The van der Waals surface area contributed by atoms with Crippen LogP contribution < -0.4 is 5.32 Å². The molecule has 17 heavy (non-hydrogen) atoms. The van der Waals surface area contributed by atoms with Crippen LogP contribution in [0.3, 0.4) is 0 Å². The minimum absolute atomic E-state index is 0. The molecule has 1 fully saturated rings. The first-order chi connectivity index (χ1) is 7.34. The fourth-order valence-corrected chi connectivity index (χ4v) is 1.91. The van der Waals surface area contributed by atoms with Crippen molar-refractivity contribution >= 4 is 24.8 Å². The van der Waals surface area contributed by atoms with Gasteiger partial charge in [0.15, 0.2) is 0 Å². The molecule has 0 amide bonds. The van der Waals surface area contributed by atoms with Crippen molar-refractivity contribution in [3.05, 3.63) is 35.6 Å². The summed E-state index contributed by atoms with van der Waals surface area (Å²) in [6.45, 7) is 5.31. The summed E-state index contributed by atoms with van der Waals surface area (Å²) >= 11 is 0. The molecule has 0 saturated carbocycles. The SMILES string of the molecule is Cl.Cl.Fc1ccc(CN2CCCNCC2)cc1. The highest BCUT2D eigenvalue weighted by molar-refractivity contribution is 5.85. The van der Waals surface area contributed by atoms with E-state index in [0.29, 0.717) is 0 Å². The van der Waals surface area contributed by atoms with Gasteiger partial charge in [-0.15, -0.1) is 24.8 Å². The van der Waals surface area contributed by atoms with Gasteiger partial charge in [-0.25, -0.2) is 4.39 Å².